The predicted octanol–water partition coefficient (Wildman–Crippen LogP) is 1.79. The van der Waals surface area contributed by atoms with Gasteiger partial charge < -0.3 is 14.5 Å². The number of methoxy groups -OCH3 is 1. The smallest absolute Gasteiger partial charge is 0.254 e. The molecule has 0 spiro atoms. The van der Waals surface area contributed by atoms with Crippen LogP contribution in [0.4, 0.5) is 0 Å². The molecule has 4 aliphatic rings. The minimum absolute atomic E-state index is 0.203. The average Bonchev–Trinajstić information content (AvgIpc) is 2.56. The summed E-state index contributed by atoms with van der Waals surface area (Å²) in [6.07, 6.45) is 3.41. The summed E-state index contributed by atoms with van der Waals surface area (Å²) < 4.78 is 5.41. The molecule has 0 aromatic heterocycles. The van der Waals surface area contributed by atoms with Crippen molar-refractivity contribution < 1.29 is 9.53 Å². The third kappa shape index (κ3) is 2.04. The van der Waals surface area contributed by atoms with Crippen molar-refractivity contribution in [3.05, 3.63) is 29.3 Å². The van der Waals surface area contributed by atoms with Gasteiger partial charge in [0.1, 0.15) is 5.75 Å². The Bertz CT molecular complexity index is 564. The van der Waals surface area contributed by atoms with Gasteiger partial charge in [-0.2, -0.15) is 0 Å². The van der Waals surface area contributed by atoms with Crippen LogP contribution in [-0.2, 0) is 6.42 Å². The second kappa shape index (κ2) is 5.02. The molecule has 1 amide bonds. The monoisotopic (exact) mass is 286 g/mol. The third-order valence-electron chi connectivity index (χ3n) is 5.47. The molecule has 4 nitrogen and oxygen atoms in total. The summed E-state index contributed by atoms with van der Waals surface area (Å²) in [5, 5.41) is 0. The van der Waals surface area contributed by atoms with Crippen LogP contribution in [-0.4, -0.2) is 55.0 Å². The highest BCUT2D eigenvalue weighted by atomic mass is 16.5. The van der Waals surface area contributed by atoms with Crippen molar-refractivity contribution in [1.29, 1.82) is 0 Å². The van der Waals surface area contributed by atoms with Crippen molar-refractivity contribution in [3.8, 4) is 5.75 Å². The normalized spacial score (nSPS) is 31.2. The van der Waals surface area contributed by atoms with E-state index in [1.165, 1.54) is 25.9 Å². The fourth-order valence-electron chi connectivity index (χ4n) is 4.31. The highest BCUT2D eigenvalue weighted by molar-refractivity contribution is 5.97. The van der Waals surface area contributed by atoms with E-state index in [9.17, 15) is 4.79 Å². The van der Waals surface area contributed by atoms with Crippen LogP contribution >= 0.6 is 0 Å². The van der Waals surface area contributed by atoms with Gasteiger partial charge in [0.15, 0.2) is 0 Å². The van der Waals surface area contributed by atoms with Gasteiger partial charge in [0.25, 0.3) is 5.91 Å². The number of benzene rings is 1. The number of hydrogen-bond donors (Lipinski definition) is 0. The summed E-state index contributed by atoms with van der Waals surface area (Å²) in [5.41, 5.74) is 1.93. The Morgan fingerprint density at radius 1 is 1.19 bits per heavy atom. The molecule has 4 heterocycles. The Hall–Kier alpha value is -1.55. The molecule has 0 aliphatic carbocycles. The molecule has 0 radical (unpaired) electrons. The van der Waals surface area contributed by atoms with Crippen LogP contribution in [0.1, 0.15) is 28.8 Å². The van der Waals surface area contributed by atoms with Gasteiger partial charge in [-0.15, -0.1) is 0 Å². The molecule has 2 bridgehead atoms. The van der Waals surface area contributed by atoms with Gasteiger partial charge in [-0.1, -0.05) is 6.07 Å². The lowest BCUT2D eigenvalue weighted by Crippen LogP contribution is -2.59. The third-order valence-corrected chi connectivity index (χ3v) is 5.47. The molecule has 3 saturated heterocycles. The van der Waals surface area contributed by atoms with E-state index in [0.29, 0.717) is 12.0 Å². The SMILES string of the molecule is COc1cccc2c1CCN([C@H]1CN3CCC1CC3)C2=O. The van der Waals surface area contributed by atoms with Gasteiger partial charge in [0, 0.05) is 30.3 Å². The van der Waals surface area contributed by atoms with Crippen LogP contribution in [0.5, 0.6) is 5.75 Å². The standard InChI is InChI=1S/C17H22N2O2/c1-21-16-4-2-3-14-13(16)7-10-19(17(14)20)15-11-18-8-5-12(15)6-9-18/h2-4,12,15H,5-11H2,1H3/t15-/m0/s1. The van der Waals surface area contributed by atoms with E-state index in [1.54, 1.807) is 7.11 Å². The molecule has 1 aromatic carbocycles. The number of hydrogen-bond acceptors (Lipinski definition) is 3. The van der Waals surface area contributed by atoms with E-state index in [1.807, 2.05) is 18.2 Å². The molecule has 1 aromatic rings. The molecule has 3 fully saturated rings. The lowest BCUT2D eigenvalue weighted by molar-refractivity contribution is 0.00596. The molecular weight excluding hydrogens is 264 g/mol. The Morgan fingerprint density at radius 2 is 2.00 bits per heavy atom. The molecule has 0 unspecified atom stereocenters. The zero-order valence-corrected chi connectivity index (χ0v) is 12.5. The summed E-state index contributed by atoms with van der Waals surface area (Å²) >= 11 is 0. The van der Waals surface area contributed by atoms with E-state index in [2.05, 4.69) is 9.80 Å². The molecule has 0 saturated carbocycles. The van der Waals surface area contributed by atoms with Gasteiger partial charge in [-0.05, 0) is 50.4 Å². The zero-order valence-electron chi connectivity index (χ0n) is 12.5. The second-order valence-electron chi connectivity index (χ2n) is 6.44. The van der Waals surface area contributed by atoms with Crippen molar-refractivity contribution in [2.24, 2.45) is 5.92 Å². The molecule has 0 N–H and O–H groups in total. The van der Waals surface area contributed by atoms with E-state index < -0.39 is 0 Å². The van der Waals surface area contributed by atoms with Crippen molar-refractivity contribution in [1.82, 2.24) is 9.80 Å². The molecule has 5 rings (SSSR count). The van der Waals surface area contributed by atoms with Crippen LogP contribution in [0.2, 0.25) is 0 Å². The molecule has 4 heteroatoms. The number of ether oxygens (including phenoxy) is 1. The van der Waals surface area contributed by atoms with Crippen molar-refractivity contribution >= 4 is 5.91 Å². The Morgan fingerprint density at radius 3 is 2.67 bits per heavy atom. The first-order valence-electron chi connectivity index (χ1n) is 7.97. The zero-order chi connectivity index (χ0) is 14.4. The number of carbonyl (C=O) groups excluding carboxylic acids is 1. The summed E-state index contributed by atoms with van der Waals surface area (Å²) in [6, 6.07) is 6.25. The predicted molar refractivity (Wildman–Crippen MR) is 80.7 cm³/mol. The van der Waals surface area contributed by atoms with Gasteiger partial charge >= 0.3 is 0 Å². The first-order valence-corrected chi connectivity index (χ1v) is 7.97. The minimum Gasteiger partial charge on any atom is -0.496 e. The topological polar surface area (TPSA) is 32.8 Å². The van der Waals surface area contributed by atoms with E-state index >= 15 is 0 Å². The summed E-state index contributed by atoms with van der Waals surface area (Å²) in [6.45, 7) is 4.33. The van der Waals surface area contributed by atoms with Crippen LogP contribution in [0.25, 0.3) is 0 Å². The lowest BCUT2D eigenvalue weighted by Gasteiger charge is -2.50. The van der Waals surface area contributed by atoms with Crippen LogP contribution < -0.4 is 4.74 Å². The van der Waals surface area contributed by atoms with E-state index in [4.69, 9.17) is 4.74 Å². The van der Waals surface area contributed by atoms with E-state index in [0.717, 1.165) is 36.4 Å². The number of fused-ring (bicyclic) bond motifs is 4. The molecule has 4 aliphatic heterocycles. The van der Waals surface area contributed by atoms with Crippen molar-refractivity contribution in [3.63, 3.8) is 0 Å². The largest absolute Gasteiger partial charge is 0.496 e. The number of amides is 1. The van der Waals surface area contributed by atoms with Crippen LogP contribution in [0.15, 0.2) is 18.2 Å². The van der Waals surface area contributed by atoms with Gasteiger partial charge in [0.2, 0.25) is 0 Å². The Kier molecular flexibility index (Phi) is 3.14. The molecule has 112 valence electrons. The maximum absolute atomic E-state index is 12.9. The maximum Gasteiger partial charge on any atom is 0.254 e. The summed E-state index contributed by atoms with van der Waals surface area (Å²) in [4.78, 5) is 17.6. The fraction of sp³-hybridized carbons (Fsp3) is 0.588. The molecule has 1 atom stereocenters. The minimum atomic E-state index is 0.203. The average molecular weight is 286 g/mol. The van der Waals surface area contributed by atoms with Gasteiger partial charge in [-0.25, -0.2) is 0 Å². The first kappa shape index (κ1) is 13.1. The second-order valence-corrected chi connectivity index (χ2v) is 6.44. The first-order chi connectivity index (χ1) is 10.3. The number of carbonyl (C=O) groups is 1. The van der Waals surface area contributed by atoms with Gasteiger partial charge in [0.05, 0.1) is 7.11 Å². The Balaban J connectivity index is 1.63. The molecule has 21 heavy (non-hydrogen) atoms. The van der Waals surface area contributed by atoms with E-state index in [-0.39, 0.29) is 5.91 Å². The van der Waals surface area contributed by atoms with Gasteiger partial charge in [-0.3, -0.25) is 4.79 Å². The number of nitrogens with zero attached hydrogens (tertiary/aromatic N) is 2. The van der Waals surface area contributed by atoms with Crippen molar-refractivity contribution in [2.45, 2.75) is 25.3 Å². The van der Waals surface area contributed by atoms with Crippen LogP contribution in [0, 0.1) is 5.92 Å². The van der Waals surface area contributed by atoms with Crippen molar-refractivity contribution in [2.75, 3.05) is 33.3 Å². The number of piperidine rings is 3. The number of rotatable bonds is 2. The fourth-order valence-corrected chi connectivity index (χ4v) is 4.31. The maximum atomic E-state index is 12.9. The summed E-state index contributed by atoms with van der Waals surface area (Å²) in [5.74, 6) is 1.76. The highest BCUT2D eigenvalue weighted by Gasteiger charge is 2.41. The quantitative estimate of drug-likeness (QED) is 0.831. The summed E-state index contributed by atoms with van der Waals surface area (Å²) in [7, 11) is 1.68. The van der Waals surface area contributed by atoms with Crippen LogP contribution in [0.3, 0.4) is 0 Å². The highest BCUT2D eigenvalue weighted by Crippen LogP contribution is 2.35. The molecular formula is C17H22N2O2. The lowest BCUT2D eigenvalue weighted by atomic mass is 9.82. The Labute approximate surface area is 125 Å².